The molecule has 2 saturated carbocycles. The Bertz CT molecular complexity index is 1370. The Hall–Kier alpha value is -3.70. The fourth-order valence-corrected chi connectivity index (χ4v) is 4.89. The maximum absolute atomic E-state index is 12.2. The van der Waals surface area contributed by atoms with Crippen molar-refractivity contribution < 1.29 is 28.7 Å². The molecule has 12 nitrogen and oxygen atoms in total. The van der Waals surface area contributed by atoms with Gasteiger partial charge in [-0.3, -0.25) is 19.0 Å². The van der Waals surface area contributed by atoms with Crippen LogP contribution < -0.4 is 5.32 Å². The third-order valence-corrected chi connectivity index (χ3v) is 7.10. The Morgan fingerprint density at radius 2 is 1.28 bits per heavy atom. The predicted octanol–water partition coefficient (Wildman–Crippen LogP) is 2.48. The fourth-order valence-electron chi connectivity index (χ4n) is 4.89. The SMILES string of the molecule is CC(C)(C)OC(=O)c1cc2n(n1)C1(CC1)CNC2=O.CN1CC2(CC2)n2nc(C(=O)OC(C)(C)C)cc2C1=O. The third kappa shape index (κ3) is 5.16. The van der Waals surface area contributed by atoms with Crippen molar-refractivity contribution in [2.24, 2.45) is 0 Å². The van der Waals surface area contributed by atoms with Gasteiger partial charge in [0.25, 0.3) is 11.8 Å². The maximum Gasteiger partial charge on any atom is 0.359 e. The Morgan fingerprint density at radius 1 is 0.821 bits per heavy atom. The minimum absolute atomic E-state index is 0.0927. The van der Waals surface area contributed by atoms with Crippen LogP contribution in [0.3, 0.4) is 0 Å². The molecule has 2 aromatic heterocycles. The van der Waals surface area contributed by atoms with Gasteiger partial charge in [-0.2, -0.15) is 10.2 Å². The minimum atomic E-state index is -0.570. The number of nitrogens with one attached hydrogen (secondary N) is 1. The number of hydrogen-bond donors (Lipinski definition) is 1. The van der Waals surface area contributed by atoms with Crippen molar-refractivity contribution in [2.75, 3.05) is 20.1 Å². The van der Waals surface area contributed by atoms with E-state index in [1.165, 1.54) is 6.07 Å². The van der Waals surface area contributed by atoms with E-state index in [1.54, 1.807) is 48.1 Å². The van der Waals surface area contributed by atoms with Gasteiger partial charge < -0.3 is 19.7 Å². The van der Waals surface area contributed by atoms with E-state index in [9.17, 15) is 19.2 Å². The van der Waals surface area contributed by atoms with E-state index in [0.717, 1.165) is 25.7 Å². The molecule has 2 aromatic rings. The number of hydrogen-bond acceptors (Lipinski definition) is 8. The fraction of sp³-hybridized carbons (Fsp3) is 0.630. The van der Waals surface area contributed by atoms with Gasteiger partial charge in [-0.1, -0.05) is 0 Å². The number of ether oxygens (including phenoxy) is 2. The molecule has 0 radical (unpaired) electrons. The Kier molecular flexibility index (Phi) is 5.97. The number of aromatic nitrogens is 4. The van der Waals surface area contributed by atoms with E-state index in [1.807, 2.05) is 20.8 Å². The van der Waals surface area contributed by atoms with Crippen LogP contribution in [0.4, 0.5) is 0 Å². The second kappa shape index (κ2) is 8.65. The van der Waals surface area contributed by atoms with Crippen molar-refractivity contribution >= 4 is 23.8 Å². The molecule has 0 unspecified atom stereocenters. The van der Waals surface area contributed by atoms with Crippen molar-refractivity contribution in [1.29, 1.82) is 0 Å². The molecule has 12 heteroatoms. The van der Waals surface area contributed by atoms with Crippen LogP contribution in [0.1, 0.15) is 109 Å². The molecule has 0 saturated heterocycles. The summed E-state index contributed by atoms with van der Waals surface area (Å²) in [5, 5.41) is 11.5. The Labute approximate surface area is 227 Å². The second-order valence-electron chi connectivity index (χ2n) is 12.9. The van der Waals surface area contributed by atoms with Crippen LogP contribution in [-0.4, -0.2) is 79.6 Å². The smallest absolute Gasteiger partial charge is 0.359 e. The average molecular weight is 541 g/mol. The van der Waals surface area contributed by atoms with Gasteiger partial charge in [0.05, 0.1) is 11.1 Å². The molecule has 6 rings (SSSR count). The molecular formula is C27H36N6O6. The third-order valence-electron chi connectivity index (χ3n) is 7.10. The number of fused-ring (bicyclic) bond motifs is 4. The van der Waals surface area contributed by atoms with Gasteiger partial charge in [-0.25, -0.2) is 9.59 Å². The predicted molar refractivity (Wildman–Crippen MR) is 139 cm³/mol. The highest BCUT2D eigenvalue weighted by atomic mass is 16.6. The lowest BCUT2D eigenvalue weighted by Gasteiger charge is -2.30. The Morgan fingerprint density at radius 3 is 1.74 bits per heavy atom. The van der Waals surface area contributed by atoms with Gasteiger partial charge in [-0.05, 0) is 67.2 Å². The molecule has 2 spiro atoms. The maximum atomic E-state index is 12.2. The zero-order chi connectivity index (χ0) is 28.5. The lowest BCUT2D eigenvalue weighted by atomic mass is 10.1. The lowest BCUT2D eigenvalue weighted by molar-refractivity contribution is 0.00490. The molecule has 2 aliphatic heterocycles. The van der Waals surface area contributed by atoms with E-state index < -0.39 is 23.1 Å². The summed E-state index contributed by atoms with van der Waals surface area (Å²) in [6.45, 7) is 12.1. The van der Waals surface area contributed by atoms with Crippen molar-refractivity contribution in [2.45, 2.75) is 89.5 Å². The monoisotopic (exact) mass is 540 g/mol. The lowest BCUT2D eigenvalue weighted by Crippen LogP contribution is -2.45. The first kappa shape index (κ1) is 26.9. The molecule has 2 aliphatic carbocycles. The van der Waals surface area contributed by atoms with E-state index in [2.05, 4.69) is 15.5 Å². The van der Waals surface area contributed by atoms with Crippen LogP contribution in [-0.2, 0) is 20.6 Å². The van der Waals surface area contributed by atoms with Crippen LogP contribution in [0, 0.1) is 0 Å². The van der Waals surface area contributed by atoms with Crippen LogP contribution in [0.5, 0.6) is 0 Å². The van der Waals surface area contributed by atoms with Crippen molar-refractivity contribution in [3.63, 3.8) is 0 Å². The summed E-state index contributed by atoms with van der Waals surface area (Å²) in [5.41, 5.74) is 0.00159. The molecule has 0 aromatic carbocycles. The first-order valence-corrected chi connectivity index (χ1v) is 13.2. The topological polar surface area (TPSA) is 138 Å². The first-order valence-electron chi connectivity index (χ1n) is 13.2. The molecule has 4 aliphatic rings. The van der Waals surface area contributed by atoms with Crippen LogP contribution >= 0.6 is 0 Å². The summed E-state index contributed by atoms with van der Waals surface area (Å²) in [6.07, 6.45) is 3.95. The molecule has 4 heterocycles. The number of rotatable bonds is 2. The zero-order valence-corrected chi connectivity index (χ0v) is 23.6. The molecule has 39 heavy (non-hydrogen) atoms. The number of carbonyl (C=O) groups is 4. The highest BCUT2D eigenvalue weighted by molar-refractivity contribution is 5.97. The number of likely N-dealkylation sites (N-methyl/N-ethyl adjacent to an activating group) is 1. The molecule has 1 N–H and O–H groups in total. The molecule has 0 atom stereocenters. The summed E-state index contributed by atoms with van der Waals surface area (Å²) in [4.78, 5) is 49.7. The minimum Gasteiger partial charge on any atom is -0.455 e. The van der Waals surface area contributed by atoms with Gasteiger partial charge in [0.1, 0.15) is 22.6 Å². The van der Waals surface area contributed by atoms with E-state index in [0.29, 0.717) is 24.5 Å². The van der Waals surface area contributed by atoms with E-state index >= 15 is 0 Å². The van der Waals surface area contributed by atoms with Crippen molar-refractivity contribution in [3.05, 3.63) is 34.9 Å². The highest BCUT2D eigenvalue weighted by Crippen LogP contribution is 2.47. The number of esters is 2. The average Bonchev–Trinajstić information content (AvgIpc) is 3.64. The highest BCUT2D eigenvalue weighted by Gasteiger charge is 2.52. The standard InChI is InChI=1S/C14H19N3O3.C13H17N3O3/c1-13(2,3)20-12(19)9-7-10-11(18)16(4)8-14(5-6-14)17(10)15-9;1-12(2,3)19-11(18)8-6-9-10(17)14-7-13(4-5-13)16(9)15-8/h7H,5-6,8H2,1-4H3;6H,4-5,7H2,1-3H3,(H,14,17). The van der Waals surface area contributed by atoms with Crippen molar-refractivity contribution in [1.82, 2.24) is 29.8 Å². The zero-order valence-electron chi connectivity index (χ0n) is 23.6. The number of carbonyl (C=O) groups excluding carboxylic acids is 4. The Balaban J connectivity index is 0.000000158. The summed E-state index contributed by atoms with van der Waals surface area (Å²) in [7, 11) is 1.78. The first-order chi connectivity index (χ1) is 18.0. The number of amides is 2. The van der Waals surface area contributed by atoms with E-state index in [-0.39, 0.29) is 34.3 Å². The summed E-state index contributed by atoms with van der Waals surface area (Å²) in [6, 6.07) is 3.06. The molecule has 210 valence electrons. The van der Waals surface area contributed by atoms with Gasteiger partial charge in [0, 0.05) is 32.3 Å². The molecular weight excluding hydrogens is 504 g/mol. The molecule has 0 bridgehead atoms. The normalized spacial score (nSPS) is 19.9. The molecule has 2 fully saturated rings. The van der Waals surface area contributed by atoms with Gasteiger partial charge in [-0.15, -0.1) is 0 Å². The van der Waals surface area contributed by atoms with Crippen LogP contribution in [0.2, 0.25) is 0 Å². The van der Waals surface area contributed by atoms with E-state index in [4.69, 9.17) is 9.47 Å². The quantitative estimate of drug-likeness (QED) is 0.574. The second-order valence-corrected chi connectivity index (χ2v) is 12.9. The van der Waals surface area contributed by atoms with Gasteiger partial charge >= 0.3 is 11.9 Å². The number of nitrogens with zero attached hydrogens (tertiary/aromatic N) is 5. The van der Waals surface area contributed by atoms with Gasteiger partial charge in [0.2, 0.25) is 0 Å². The van der Waals surface area contributed by atoms with Crippen LogP contribution in [0.25, 0.3) is 0 Å². The largest absolute Gasteiger partial charge is 0.455 e. The van der Waals surface area contributed by atoms with Crippen molar-refractivity contribution in [3.8, 4) is 0 Å². The van der Waals surface area contributed by atoms with Crippen LogP contribution in [0.15, 0.2) is 12.1 Å². The molecule has 2 amide bonds. The summed E-state index contributed by atoms with van der Waals surface area (Å²) >= 11 is 0. The summed E-state index contributed by atoms with van der Waals surface area (Å²) in [5.74, 6) is -1.24. The summed E-state index contributed by atoms with van der Waals surface area (Å²) < 4.78 is 14.0. The van der Waals surface area contributed by atoms with Gasteiger partial charge in [0.15, 0.2) is 11.4 Å².